The number of rotatable bonds is 20. The normalized spacial score (nSPS) is 15.2. The molecule has 19 nitrogen and oxygen atoms in total. The van der Waals surface area contributed by atoms with Crippen LogP contribution in [0.4, 0.5) is 58.7 Å². The quantitative estimate of drug-likeness (QED) is 0.0354. The van der Waals surface area contributed by atoms with Crippen LogP contribution in [-0.2, 0) is 14.4 Å². The summed E-state index contributed by atoms with van der Waals surface area (Å²) in [6, 6.07) is 95.1. The number of aryl methyl sites for hydroxylation is 4. The molecule has 3 fully saturated rings. The average molecular weight is 1700 g/mol. The highest BCUT2D eigenvalue weighted by molar-refractivity contribution is 6.06. The third-order valence-corrected chi connectivity index (χ3v) is 21.5. The van der Waals surface area contributed by atoms with Crippen molar-refractivity contribution >= 4 is 114 Å². The van der Waals surface area contributed by atoms with Crippen molar-refractivity contribution in [2.75, 3.05) is 70.3 Å². The van der Waals surface area contributed by atoms with Gasteiger partial charge >= 0.3 is 0 Å². The van der Waals surface area contributed by atoms with Crippen molar-refractivity contribution in [3.05, 3.63) is 389 Å². The van der Waals surface area contributed by atoms with Gasteiger partial charge in [0.15, 0.2) is 0 Å². The molecule has 6 amide bonds. The van der Waals surface area contributed by atoms with Crippen molar-refractivity contribution in [3.63, 3.8) is 0 Å². The number of benzene rings is 12. The fraction of sp³-hybridized carbons (Fsp3) is 0.171. The molecule has 127 heavy (non-hydrogen) atoms. The number of methoxy groups -OCH3 is 1. The number of carbonyl (C=O) groups is 6. The number of anilines is 8. The second-order valence-corrected chi connectivity index (χ2v) is 31.1. The van der Waals surface area contributed by atoms with Gasteiger partial charge < -0.3 is 52.0 Å². The molecule has 642 valence electrons. The summed E-state index contributed by atoms with van der Waals surface area (Å²) in [5, 5.41) is 26.2. The Balaban J connectivity index is 0.000000130. The molecule has 0 saturated heterocycles. The molecule has 3 saturated carbocycles. The van der Waals surface area contributed by atoms with Crippen LogP contribution in [-0.4, -0.2) is 78.2 Å². The molecular weight excluding hydrogens is 1600 g/mol. The van der Waals surface area contributed by atoms with Crippen molar-refractivity contribution in [2.45, 2.75) is 71.6 Å². The number of ether oxygens (including phenoxy) is 2. The van der Waals surface area contributed by atoms with Crippen LogP contribution in [0.1, 0.15) is 114 Å². The minimum Gasteiger partial charge on any atom is -0.497 e. The molecular formula is C105H98F3N11O8. The molecule has 6 unspecified atom stereocenters. The number of aromatic nitrogens is 3. The van der Waals surface area contributed by atoms with Crippen LogP contribution in [0.15, 0.2) is 315 Å². The molecule has 15 aromatic rings. The van der Waals surface area contributed by atoms with Gasteiger partial charge in [0, 0.05) is 106 Å². The van der Waals surface area contributed by atoms with Gasteiger partial charge in [0.2, 0.25) is 17.7 Å². The molecule has 0 radical (unpaired) electrons. The van der Waals surface area contributed by atoms with Crippen LogP contribution in [0.3, 0.4) is 0 Å². The Morgan fingerprint density at radius 1 is 0.315 bits per heavy atom. The van der Waals surface area contributed by atoms with E-state index in [-0.39, 0.29) is 88.2 Å². The Morgan fingerprint density at radius 2 is 0.606 bits per heavy atom. The van der Waals surface area contributed by atoms with Crippen LogP contribution >= 0.6 is 0 Å². The topological polar surface area (TPSA) is 256 Å². The van der Waals surface area contributed by atoms with E-state index in [9.17, 15) is 41.9 Å². The molecule has 8 N–H and O–H groups in total. The number of hydrogen-bond acceptors (Lipinski definition) is 13. The van der Waals surface area contributed by atoms with Crippen LogP contribution in [0.2, 0.25) is 0 Å². The highest BCUT2D eigenvalue weighted by Crippen LogP contribution is 2.50. The zero-order chi connectivity index (χ0) is 89.5. The zero-order valence-electron chi connectivity index (χ0n) is 71.6. The highest BCUT2D eigenvalue weighted by atomic mass is 19.1. The Hall–Kier alpha value is -15.3. The van der Waals surface area contributed by atoms with Crippen molar-refractivity contribution in [1.82, 2.24) is 15.0 Å². The molecule has 0 aliphatic heterocycles. The summed E-state index contributed by atoms with van der Waals surface area (Å²) in [5.41, 5.74) is 17.6. The number of nitrogens with zero attached hydrogens (tertiary/aromatic N) is 3. The fourth-order valence-electron chi connectivity index (χ4n) is 14.0. The number of carbonyl (C=O) groups excluding carboxylic acids is 6. The third kappa shape index (κ3) is 25.7. The van der Waals surface area contributed by atoms with Crippen molar-refractivity contribution in [1.29, 1.82) is 0 Å². The first-order valence-electron chi connectivity index (χ1n) is 41.8. The fourth-order valence-corrected chi connectivity index (χ4v) is 14.0. The van der Waals surface area contributed by atoms with Crippen molar-refractivity contribution in [3.8, 4) is 11.5 Å². The van der Waals surface area contributed by atoms with Crippen LogP contribution in [0, 0.1) is 62.9 Å². The van der Waals surface area contributed by atoms with E-state index in [0.29, 0.717) is 35.1 Å². The second kappa shape index (κ2) is 42.7. The summed E-state index contributed by atoms with van der Waals surface area (Å²) in [6.45, 7) is 10.6. The van der Waals surface area contributed by atoms with Gasteiger partial charge in [-0.2, -0.15) is 0 Å². The summed E-state index contributed by atoms with van der Waals surface area (Å²) in [4.78, 5) is 86.3. The number of fused-ring (bicyclic) bond motifs is 3. The van der Waals surface area contributed by atoms with Gasteiger partial charge in [-0.15, -0.1) is 0 Å². The van der Waals surface area contributed by atoms with E-state index >= 15 is 0 Å². The molecule has 3 aliphatic rings. The summed E-state index contributed by atoms with van der Waals surface area (Å²) in [6.07, 6.45) is 2.57. The van der Waals surface area contributed by atoms with E-state index in [2.05, 4.69) is 69.6 Å². The number of para-hydroxylation sites is 1. The Labute approximate surface area is 736 Å². The highest BCUT2D eigenvalue weighted by Gasteiger charge is 2.46. The summed E-state index contributed by atoms with van der Waals surface area (Å²) in [7, 11) is 5.33. The van der Waals surface area contributed by atoms with E-state index in [4.69, 9.17) is 9.47 Å². The lowest BCUT2D eigenvalue weighted by Gasteiger charge is -2.07. The average Bonchev–Trinajstić information content (AvgIpc) is 1.66. The number of amides is 6. The Bertz CT molecular complexity index is 6180. The molecule has 3 heterocycles. The monoisotopic (exact) mass is 1700 g/mol. The largest absolute Gasteiger partial charge is 0.497 e. The smallest absolute Gasteiger partial charge is 0.274 e. The molecule has 0 spiro atoms. The van der Waals surface area contributed by atoms with Gasteiger partial charge in [-0.3, -0.25) is 28.8 Å². The van der Waals surface area contributed by atoms with Crippen LogP contribution in [0.5, 0.6) is 11.5 Å². The van der Waals surface area contributed by atoms with Crippen molar-refractivity contribution < 1.29 is 51.4 Å². The minimum atomic E-state index is -0.369. The summed E-state index contributed by atoms with van der Waals surface area (Å²) < 4.78 is 49.6. The third-order valence-electron chi connectivity index (χ3n) is 21.5. The van der Waals surface area contributed by atoms with E-state index in [0.717, 1.165) is 131 Å². The van der Waals surface area contributed by atoms with E-state index in [1.165, 1.54) is 42.0 Å². The van der Waals surface area contributed by atoms with Gasteiger partial charge in [0.1, 0.15) is 46.0 Å². The van der Waals surface area contributed by atoms with Gasteiger partial charge in [0.05, 0.1) is 30.3 Å². The second-order valence-electron chi connectivity index (χ2n) is 31.1. The minimum absolute atomic E-state index is 0.00525. The SMILES string of the molecule is CCOc1ccc(C2CC2C(=O)Nc2ccc(NC)cc2)cc1.CNc1ccc(NC(=O)C2CC2c2ccc(F)cc2)cc1.COc1ccc2ccc(C(=O)Nc3ccc(C)cc3)nc2c1.Cc1ccc(NC(=O)c2ccc3ccc(C)cc3n2)cc1.Cc1ccc(NC(=O)c2ccc3ccc(F)cc3n2)cc1.O=C(Nc1ccccc1)C1CC1c1ccc(F)cc1. The number of nitrogens with one attached hydrogen (secondary N) is 8. The predicted molar refractivity (Wildman–Crippen MR) is 501 cm³/mol. The number of hydrogen-bond donors (Lipinski definition) is 8. The lowest BCUT2D eigenvalue weighted by atomic mass is 10.1. The number of halogens is 3. The predicted octanol–water partition coefficient (Wildman–Crippen LogP) is 22.9. The van der Waals surface area contributed by atoms with Gasteiger partial charge in [-0.05, 0) is 276 Å². The maximum Gasteiger partial charge on any atom is 0.274 e. The number of pyridine rings is 3. The van der Waals surface area contributed by atoms with Crippen LogP contribution in [0.25, 0.3) is 32.7 Å². The summed E-state index contributed by atoms with van der Waals surface area (Å²) >= 11 is 0. The Morgan fingerprint density at radius 3 is 0.976 bits per heavy atom. The molecule has 3 aromatic heterocycles. The maximum absolute atomic E-state index is 13.2. The van der Waals surface area contributed by atoms with E-state index < -0.39 is 0 Å². The lowest BCUT2D eigenvalue weighted by molar-refractivity contribution is -0.118. The Kier molecular flexibility index (Phi) is 30.0. The molecule has 18 rings (SSSR count). The molecule has 22 heteroatoms. The van der Waals surface area contributed by atoms with Gasteiger partial charge in [0.25, 0.3) is 17.7 Å². The lowest BCUT2D eigenvalue weighted by Crippen LogP contribution is -2.14. The molecule has 0 bridgehead atoms. The van der Waals surface area contributed by atoms with Crippen molar-refractivity contribution in [2.24, 2.45) is 17.8 Å². The van der Waals surface area contributed by atoms with Gasteiger partial charge in [-0.1, -0.05) is 138 Å². The first-order chi connectivity index (χ1) is 61.5. The van der Waals surface area contributed by atoms with E-state index in [1.54, 1.807) is 61.7 Å². The van der Waals surface area contributed by atoms with Gasteiger partial charge in [-0.25, -0.2) is 28.1 Å². The standard InChI is InChI=1S/C19H22N2O2.C18H16N2O2.C18H16N2O.C17H13FN2O.C17H17FN2O.C16H14FNO/c1-3-23-16-10-4-13(5-11-16)17-12-18(17)19(22)21-15-8-6-14(20-2)7-9-15;1-12-3-7-14(8-4-12)19-18(21)16-10-6-13-5-9-15(22-2)11-17(13)20-16;1-12-4-8-15(9-5-12)19-18(21)16-10-7-14-6-3-13(2)11-17(14)20-16;1-11-2-7-14(8-3-11)19-17(21)15-9-5-12-4-6-13(18)10-16(12)20-15;1-19-13-6-8-14(9-7-13)20-17(21)16-10-15(16)11-2-4-12(18)5-3-11;17-12-8-6-11(7-9-12)14-10-15(14)16(19)18-13-4-2-1-3-5-13/h4-11,17-18,20H,3,12H2,1-2H3,(H,21,22);3-11H,1-2H3,(H,19,21);3-11H,1-2H3,(H,19,21);2-10H,1H3,(H,19,21);2-9,15-16,19H,10H2,1H3,(H,20,21);1-9,14-15H,10H2,(H,18,19). The first kappa shape index (κ1) is 89.4. The molecule has 3 aliphatic carbocycles. The zero-order valence-corrected chi connectivity index (χ0v) is 71.6. The van der Waals surface area contributed by atoms with Crippen LogP contribution < -0.4 is 52.0 Å². The van der Waals surface area contributed by atoms with E-state index in [1.807, 2.05) is 261 Å². The first-order valence-corrected chi connectivity index (χ1v) is 41.8. The summed E-state index contributed by atoms with van der Waals surface area (Å²) in [5.74, 6) is 0.990. The molecule has 12 aromatic carbocycles. The maximum atomic E-state index is 13.2. The molecule has 6 atom stereocenters.